The topological polar surface area (TPSA) is 0 Å². The Labute approximate surface area is 134 Å². The van der Waals surface area contributed by atoms with Crippen molar-refractivity contribution in [2.45, 2.75) is 30.5 Å². The van der Waals surface area contributed by atoms with Gasteiger partial charge in [0.25, 0.3) is 0 Å². The first kappa shape index (κ1) is 14.2. The largest absolute Gasteiger partial charge is 0.0843 e. The number of halogens is 2. The Morgan fingerprint density at radius 2 is 1.95 bits per heavy atom. The van der Waals surface area contributed by atoms with Crippen molar-refractivity contribution < 1.29 is 0 Å². The minimum atomic E-state index is 0.445. The van der Waals surface area contributed by atoms with E-state index in [9.17, 15) is 0 Å². The van der Waals surface area contributed by atoms with Crippen LogP contribution in [0.4, 0.5) is 0 Å². The molecule has 3 rings (SSSR count). The lowest BCUT2D eigenvalue weighted by Crippen LogP contribution is -2.10. The van der Waals surface area contributed by atoms with Gasteiger partial charge in [-0.05, 0) is 60.4 Å². The van der Waals surface area contributed by atoms with E-state index in [1.54, 1.807) is 0 Å². The van der Waals surface area contributed by atoms with Crippen LogP contribution < -0.4 is 0 Å². The fourth-order valence-electron chi connectivity index (χ4n) is 3.16. The summed E-state index contributed by atoms with van der Waals surface area (Å²) in [7, 11) is 0. The maximum absolute atomic E-state index is 6.10. The van der Waals surface area contributed by atoms with E-state index in [4.69, 9.17) is 11.6 Å². The molecule has 2 aromatic carbocycles. The van der Waals surface area contributed by atoms with Crippen LogP contribution in [-0.2, 0) is 12.8 Å². The molecule has 104 valence electrons. The average Bonchev–Trinajstić information content (AvgIpc) is 2.60. The van der Waals surface area contributed by atoms with E-state index in [1.807, 2.05) is 12.1 Å². The molecule has 2 aromatic rings. The van der Waals surface area contributed by atoms with Crippen LogP contribution in [0.2, 0.25) is 5.02 Å². The van der Waals surface area contributed by atoms with Crippen molar-refractivity contribution in [1.82, 2.24) is 0 Å². The van der Waals surface area contributed by atoms with E-state index in [2.05, 4.69) is 52.3 Å². The normalized spacial score (nSPS) is 22.1. The predicted octanol–water partition coefficient (Wildman–Crippen LogP) is 5.97. The van der Waals surface area contributed by atoms with Gasteiger partial charge in [0, 0.05) is 9.85 Å². The van der Waals surface area contributed by atoms with Gasteiger partial charge in [0.1, 0.15) is 0 Å². The van der Waals surface area contributed by atoms with Crippen molar-refractivity contribution in [2.75, 3.05) is 0 Å². The summed E-state index contributed by atoms with van der Waals surface area (Å²) in [5.41, 5.74) is 4.31. The van der Waals surface area contributed by atoms with Crippen LogP contribution >= 0.6 is 27.5 Å². The van der Waals surface area contributed by atoms with Gasteiger partial charge in [0.05, 0.1) is 0 Å². The zero-order chi connectivity index (χ0) is 13.9. The summed E-state index contributed by atoms with van der Waals surface area (Å²) in [5.74, 6) is 0.636. The van der Waals surface area contributed by atoms with Crippen LogP contribution in [0, 0.1) is 5.92 Å². The molecular weight excluding hydrogens is 332 g/mol. The Morgan fingerprint density at radius 1 is 1.10 bits per heavy atom. The van der Waals surface area contributed by atoms with Crippen molar-refractivity contribution in [1.29, 1.82) is 0 Å². The molecule has 0 nitrogen and oxygen atoms in total. The summed E-state index contributed by atoms with van der Waals surface area (Å²) in [6.45, 7) is 0. The van der Waals surface area contributed by atoms with E-state index in [0.29, 0.717) is 10.7 Å². The van der Waals surface area contributed by atoms with Gasteiger partial charge in [-0.1, -0.05) is 63.9 Å². The minimum absolute atomic E-state index is 0.445. The van der Waals surface area contributed by atoms with Gasteiger partial charge < -0.3 is 0 Å². The minimum Gasteiger partial charge on any atom is -0.0843 e. The molecule has 0 aromatic heterocycles. The molecule has 0 saturated carbocycles. The Balaban J connectivity index is 1.84. The Kier molecular flexibility index (Phi) is 4.48. The zero-order valence-corrected chi connectivity index (χ0v) is 13.7. The van der Waals surface area contributed by atoms with Crippen molar-refractivity contribution in [3.05, 3.63) is 70.2 Å². The summed E-state index contributed by atoms with van der Waals surface area (Å²) in [5, 5.41) is 0.836. The van der Waals surface area contributed by atoms with E-state index in [1.165, 1.54) is 36.0 Å². The molecular formula is C18H18BrCl. The summed E-state index contributed by atoms with van der Waals surface area (Å²) in [6, 6.07) is 17.1. The van der Waals surface area contributed by atoms with E-state index >= 15 is 0 Å². The quantitative estimate of drug-likeness (QED) is 0.463. The summed E-state index contributed by atoms with van der Waals surface area (Å²) >= 11 is 10.0. The lowest BCUT2D eigenvalue weighted by Gasteiger charge is -2.21. The predicted molar refractivity (Wildman–Crippen MR) is 89.7 cm³/mol. The molecule has 2 heteroatoms. The molecule has 1 aliphatic rings. The first-order valence-corrected chi connectivity index (χ1v) is 8.50. The van der Waals surface area contributed by atoms with Crippen molar-refractivity contribution >= 4 is 27.5 Å². The van der Waals surface area contributed by atoms with Crippen LogP contribution in [0.25, 0.3) is 0 Å². The number of aryl methyl sites for hydroxylation is 1. The molecule has 0 heterocycles. The number of rotatable bonds is 2. The monoisotopic (exact) mass is 348 g/mol. The molecule has 2 unspecified atom stereocenters. The Hall–Kier alpha value is -0.790. The number of alkyl halides is 1. The van der Waals surface area contributed by atoms with Crippen LogP contribution in [0.15, 0.2) is 48.5 Å². The van der Waals surface area contributed by atoms with Crippen LogP contribution in [0.3, 0.4) is 0 Å². The first-order valence-electron chi connectivity index (χ1n) is 7.20. The van der Waals surface area contributed by atoms with Gasteiger partial charge in [0.15, 0.2) is 0 Å². The first-order chi connectivity index (χ1) is 9.74. The molecule has 0 radical (unpaired) electrons. The third-order valence-electron chi connectivity index (χ3n) is 4.17. The number of benzene rings is 2. The molecule has 0 aliphatic heterocycles. The van der Waals surface area contributed by atoms with Gasteiger partial charge in [-0.3, -0.25) is 0 Å². The number of hydrogen-bond donors (Lipinski definition) is 0. The van der Waals surface area contributed by atoms with Crippen molar-refractivity contribution in [2.24, 2.45) is 5.92 Å². The third-order valence-corrected chi connectivity index (χ3v) is 5.65. The highest BCUT2D eigenvalue weighted by molar-refractivity contribution is 9.09. The summed E-state index contributed by atoms with van der Waals surface area (Å²) in [4.78, 5) is 0.445. The van der Waals surface area contributed by atoms with E-state index in [0.717, 1.165) is 11.4 Å². The van der Waals surface area contributed by atoms with Gasteiger partial charge in [0.2, 0.25) is 0 Å². The summed E-state index contributed by atoms with van der Waals surface area (Å²) < 4.78 is 0. The highest BCUT2D eigenvalue weighted by Crippen LogP contribution is 2.40. The van der Waals surface area contributed by atoms with Gasteiger partial charge in [-0.2, -0.15) is 0 Å². The van der Waals surface area contributed by atoms with Gasteiger partial charge >= 0.3 is 0 Å². The highest BCUT2D eigenvalue weighted by Gasteiger charge is 2.25. The Morgan fingerprint density at radius 3 is 2.80 bits per heavy atom. The average molecular weight is 350 g/mol. The maximum Gasteiger partial charge on any atom is 0.0429 e. The second-order valence-electron chi connectivity index (χ2n) is 5.59. The van der Waals surface area contributed by atoms with Crippen LogP contribution in [-0.4, -0.2) is 0 Å². The standard InChI is InChI=1S/C18H18BrCl/c19-18-15(11-13-5-3-9-16(20)12-13)8-4-7-14-6-1-2-10-17(14)18/h1-3,5-6,9-10,12,15,18H,4,7-8,11H2. The lowest BCUT2D eigenvalue weighted by atomic mass is 9.90. The molecule has 0 amide bonds. The molecule has 1 aliphatic carbocycles. The SMILES string of the molecule is Clc1cccc(CC2CCCc3ccccc3C2Br)c1. The van der Waals surface area contributed by atoms with Gasteiger partial charge in [-0.25, -0.2) is 0 Å². The second kappa shape index (κ2) is 6.32. The molecule has 20 heavy (non-hydrogen) atoms. The fraction of sp³-hybridized carbons (Fsp3) is 0.333. The molecule has 0 spiro atoms. The van der Waals surface area contributed by atoms with Crippen LogP contribution in [0.1, 0.15) is 34.4 Å². The van der Waals surface area contributed by atoms with Crippen molar-refractivity contribution in [3.63, 3.8) is 0 Å². The lowest BCUT2D eigenvalue weighted by molar-refractivity contribution is 0.475. The van der Waals surface area contributed by atoms with E-state index < -0.39 is 0 Å². The van der Waals surface area contributed by atoms with Gasteiger partial charge in [-0.15, -0.1) is 0 Å². The zero-order valence-electron chi connectivity index (χ0n) is 11.4. The summed E-state index contributed by atoms with van der Waals surface area (Å²) in [6.07, 6.45) is 4.82. The highest BCUT2D eigenvalue weighted by atomic mass is 79.9. The second-order valence-corrected chi connectivity index (χ2v) is 7.01. The molecule has 0 N–H and O–H groups in total. The number of hydrogen-bond acceptors (Lipinski definition) is 0. The maximum atomic E-state index is 6.10. The Bertz CT molecular complexity index is 593. The molecule has 0 bridgehead atoms. The fourth-order valence-corrected chi connectivity index (χ4v) is 4.27. The van der Waals surface area contributed by atoms with Crippen molar-refractivity contribution in [3.8, 4) is 0 Å². The van der Waals surface area contributed by atoms with E-state index in [-0.39, 0.29) is 0 Å². The molecule has 0 saturated heterocycles. The number of fused-ring (bicyclic) bond motifs is 1. The third kappa shape index (κ3) is 3.10. The van der Waals surface area contributed by atoms with Crippen LogP contribution in [0.5, 0.6) is 0 Å². The molecule has 0 fully saturated rings. The smallest absolute Gasteiger partial charge is 0.0429 e. The molecule has 2 atom stereocenters.